The fourth-order valence-electron chi connectivity index (χ4n) is 3.38. The second-order valence-electron chi connectivity index (χ2n) is 5.99. The minimum absolute atomic E-state index is 0.729. The summed E-state index contributed by atoms with van der Waals surface area (Å²) in [6.45, 7) is 8.60. The number of ether oxygens (including phenoxy) is 1. The lowest BCUT2D eigenvalue weighted by Crippen LogP contribution is -2.33. The Balaban J connectivity index is 1.80. The molecule has 1 aromatic carbocycles. The van der Waals surface area contributed by atoms with Crippen molar-refractivity contribution in [3.63, 3.8) is 0 Å². The summed E-state index contributed by atoms with van der Waals surface area (Å²) < 4.78 is 5.87. The number of anilines is 1. The van der Waals surface area contributed by atoms with Crippen LogP contribution < -0.4 is 10.1 Å². The molecule has 0 amide bonds. The number of hydrogen-bond donors (Lipinski definition) is 1. The molecule has 3 heteroatoms. The van der Waals surface area contributed by atoms with Crippen molar-refractivity contribution in [1.29, 1.82) is 0 Å². The van der Waals surface area contributed by atoms with Crippen LogP contribution in [0.4, 0.5) is 5.69 Å². The quantitative estimate of drug-likeness (QED) is 0.903. The third kappa shape index (κ3) is 2.57. The van der Waals surface area contributed by atoms with E-state index >= 15 is 0 Å². The predicted molar refractivity (Wildman–Crippen MR) is 78.7 cm³/mol. The maximum absolute atomic E-state index is 5.87. The fourth-order valence-corrected chi connectivity index (χ4v) is 3.38. The largest absolute Gasteiger partial charge is 0.489 e. The van der Waals surface area contributed by atoms with Gasteiger partial charge in [0.25, 0.3) is 0 Å². The van der Waals surface area contributed by atoms with Gasteiger partial charge >= 0.3 is 0 Å². The number of rotatable bonds is 3. The first-order valence-electron chi connectivity index (χ1n) is 7.48. The van der Waals surface area contributed by atoms with Gasteiger partial charge < -0.3 is 10.1 Å². The van der Waals surface area contributed by atoms with Gasteiger partial charge in [-0.15, -0.1) is 0 Å². The Bertz CT molecular complexity index is 444. The standard InChI is InChI=1S/C16H24N2O/c1-12(2)15-7-4-9-18(15)11-13-5-3-6-14-16(13)19-10-8-17-14/h3,5-6,12,15,17H,4,7-11H2,1-2H3. The number of para-hydroxylation sites is 1. The van der Waals surface area contributed by atoms with E-state index in [0.29, 0.717) is 0 Å². The van der Waals surface area contributed by atoms with Crippen molar-refractivity contribution in [1.82, 2.24) is 4.90 Å². The Morgan fingerprint density at radius 3 is 3.16 bits per heavy atom. The molecule has 1 fully saturated rings. The van der Waals surface area contributed by atoms with Gasteiger partial charge in [0.15, 0.2) is 0 Å². The number of fused-ring (bicyclic) bond motifs is 1. The zero-order valence-corrected chi connectivity index (χ0v) is 12.0. The van der Waals surface area contributed by atoms with Crippen LogP contribution in [-0.2, 0) is 6.54 Å². The Labute approximate surface area is 115 Å². The van der Waals surface area contributed by atoms with E-state index in [4.69, 9.17) is 4.74 Å². The molecular formula is C16H24N2O. The predicted octanol–water partition coefficient (Wildman–Crippen LogP) is 3.11. The molecule has 0 radical (unpaired) electrons. The van der Waals surface area contributed by atoms with Crippen LogP contribution in [-0.4, -0.2) is 30.6 Å². The maximum Gasteiger partial charge on any atom is 0.146 e. The molecule has 3 nitrogen and oxygen atoms in total. The normalized spacial score (nSPS) is 23.0. The van der Waals surface area contributed by atoms with Gasteiger partial charge in [0.1, 0.15) is 12.4 Å². The highest BCUT2D eigenvalue weighted by Crippen LogP contribution is 2.34. The van der Waals surface area contributed by atoms with Crippen LogP contribution in [0.1, 0.15) is 32.3 Å². The Kier molecular flexibility index (Phi) is 3.65. The van der Waals surface area contributed by atoms with Gasteiger partial charge in [0.05, 0.1) is 5.69 Å². The maximum atomic E-state index is 5.87. The van der Waals surface area contributed by atoms with Gasteiger partial charge in [-0.1, -0.05) is 26.0 Å². The van der Waals surface area contributed by atoms with Crippen LogP contribution >= 0.6 is 0 Å². The SMILES string of the molecule is CC(C)C1CCCN1Cc1cccc2c1OCCN2. The van der Waals surface area contributed by atoms with Crippen LogP contribution in [0.2, 0.25) is 0 Å². The number of nitrogens with zero attached hydrogens (tertiary/aromatic N) is 1. The van der Waals surface area contributed by atoms with Crippen molar-refractivity contribution in [2.24, 2.45) is 5.92 Å². The van der Waals surface area contributed by atoms with Crippen LogP contribution in [0.15, 0.2) is 18.2 Å². The fraction of sp³-hybridized carbons (Fsp3) is 0.625. The number of hydrogen-bond acceptors (Lipinski definition) is 3. The van der Waals surface area contributed by atoms with E-state index in [9.17, 15) is 0 Å². The van der Waals surface area contributed by atoms with Gasteiger partial charge in [-0.05, 0) is 31.4 Å². The second kappa shape index (κ2) is 5.41. The van der Waals surface area contributed by atoms with Gasteiger partial charge in [-0.25, -0.2) is 0 Å². The van der Waals surface area contributed by atoms with Crippen molar-refractivity contribution in [2.75, 3.05) is 25.0 Å². The molecule has 0 aliphatic carbocycles. The Morgan fingerprint density at radius 2 is 2.32 bits per heavy atom. The van der Waals surface area contributed by atoms with E-state index in [1.165, 1.54) is 24.9 Å². The van der Waals surface area contributed by atoms with Crippen LogP contribution in [0.3, 0.4) is 0 Å². The van der Waals surface area contributed by atoms with Crippen molar-refractivity contribution < 1.29 is 4.74 Å². The first-order valence-corrected chi connectivity index (χ1v) is 7.48. The highest BCUT2D eigenvalue weighted by Gasteiger charge is 2.28. The molecule has 19 heavy (non-hydrogen) atoms. The van der Waals surface area contributed by atoms with Gasteiger partial charge in [-0.3, -0.25) is 4.90 Å². The van der Waals surface area contributed by atoms with E-state index in [-0.39, 0.29) is 0 Å². The molecule has 104 valence electrons. The van der Waals surface area contributed by atoms with E-state index in [0.717, 1.165) is 43.1 Å². The van der Waals surface area contributed by atoms with Crippen molar-refractivity contribution in [2.45, 2.75) is 39.3 Å². The zero-order chi connectivity index (χ0) is 13.2. The zero-order valence-electron chi connectivity index (χ0n) is 12.0. The minimum Gasteiger partial charge on any atom is -0.489 e. The van der Waals surface area contributed by atoms with Gasteiger partial charge in [0, 0.05) is 24.7 Å². The molecule has 0 saturated carbocycles. The molecule has 1 atom stereocenters. The van der Waals surface area contributed by atoms with Crippen LogP contribution in [0.25, 0.3) is 0 Å². The molecule has 1 N–H and O–H groups in total. The molecule has 0 bridgehead atoms. The lowest BCUT2D eigenvalue weighted by molar-refractivity contribution is 0.195. The van der Waals surface area contributed by atoms with Crippen molar-refractivity contribution >= 4 is 5.69 Å². The molecule has 0 aromatic heterocycles. The molecule has 1 unspecified atom stereocenters. The summed E-state index contributed by atoms with van der Waals surface area (Å²) in [4.78, 5) is 2.62. The summed E-state index contributed by atoms with van der Waals surface area (Å²) in [7, 11) is 0. The minimum atomic E-state index is 0.729. The van der Waals surface area contributed by atoms with Crippen molar-refractivity contribution in [3.05, 3.63) is 23.8 Å². The average molecular weight is 260 g/mol. The van der Waals surface area contributed by atoms with Crippen LogP contribution in [0.5, 0.6) is 5.75 Å². The van der Waals surface area contributed by atoms with Crippen LogP contribution in [0, 0.1) is 5.92 Å². The van der Waals surface area contributed by atoms with E-state index in [2.05, 4.69) is 42.3 Å². The lowest BCUT2D eigenvalue weighted by atomic mass is 10.0. The van der Waals surface area contributed by atoms with Gasteiger partial charge in [-0.2, -0.15) is 0 Å². The molecule has 3 rings (SSSR count). The number of benzene rings is 1. The summed E-state index contributed by atoms with van der Waals surface area (Å²) in [6.07, 6.45) is 2.67. The van der Waals surface area contributed by atoms with E-state index in [1.54, 1.807) is 0 Å². The first-order chi connectivity index (χ1) is 9.25. The molecule has 2 heterocycles. The first kappa shape index (κ1) is 12.8. The van der Waals surface area contributed by atoms with E-state index < -0.39 is 0 Å². The molecule has 2 aliphatic rings. The third-order valence-corrected chi connectivity index (χ3v) is 4.32. The molecule has 2 aliphatic heterocycles. The van der Waals surface area contributed by atoms with Crippen molar-refractivity contribution in [3.8, 4) is 5.75 Å². The monoisotopic (exact) mass is 260 g/mol. The van der Waals surface area contributed by atoms with Gasteiger partial charge in [0.2, 0.25) is 0 Å². The highest BCUT2D eigenvalue weighted by molar-refractivity contribution is 5.61. The number of likely N-dealkylation sites (tertiary alicyclic amines) is 1. The molecule has 1 aromatic rings. The smallest absolute Gasteiger partial charge is 0.146 e. The van der Waals surface area contributed by atoms with E-state index in [1.807, 2.05) is 0 Å². The molecular weight excluding hydrogens is 236 g/mol. The third-order valence-electron chi connectivity index (χ3n) is 4.32. The summed E-state index contributed by atoms with van der Waals surface area (Å²) >= 11 is 0. The lowest BCUT2D eigenvalue weighted by Gasteiger charge is -2.29. The Morgan fingerprint density at radius 1 is 1.42 bits per heavy atom. The second-order valence-corrected chi connectivity index (χ2v) is 5.99. The summed E-state index contributed by atoms with van der Waals surface area (Å²) in [5.41, 5.74) is 2.49. The topological polar surface area (TPSA) is 24.5 Å². The highest BCUT2D eigenvalue weighted by atomic mass is 16.5. The summed E-state index contributed by atoms with van der Waals surface area (Å²) in [5.74, 6) is 1.81. The summed E-state index contributed by atoms with van der Waals surface area (Å²) in [6, 6.07) is 7.19. The summed E-state index contributed by atoms with van der Waals surface area (Å²) in [5, 5.41) is 3.42. The Hall–Kier alpha value is -1.22. The molecule has 0 spiro atoms. The average Bonchev–Trinajstić information content (AvgIpc) is 2.87. The number of nitrogens with one attached hydrogen (secondary N) is 1. The molecule has 1 saturated heterocycles.